The van der Waals surface area contributed by atoms with Gasteiger partial charge in [0.1, 0.15) is 6.54 Å². The zero-order chi connectivity index (χ0) is 23.1. The maximum atomic E-state index is 13.5. The molecule has 0 aliphatic carbocycles. The van der Waals surface area contributed by atoms with Gasteiger partial charge in [-0.15, -0.1) is 11.8 Å². The molecule has 168 valence electrons. The molecule has 3 rings (SSSR count). The van der Waals surface area contributed by atoms with Gasteiger partial charge < -0.3 is 5.32 Å². The third kappa shape index (κ3) is 5.72. The van der Waals surface area contributed by atoms with Crippen LogP contribution in [-0.4, -0.2) is 26.6 Å². The highest BCUT2D eigenvalue weighted by atomic mass is 32.2. The highest BCUT2D eigenvalue weighted by molar-refractivity contribution is 7.99. The maximum Gasteiger partial charge on any atom is 0.264 e. The quantitative estimate of drug-likeness (QED) is 0.406. The zero-order valence-corrected chi connectivity index (χ0v) is 20.1. The highest BCUT2D eigenvalue weighted by Crippen LogP contribution is 2.28. The smallest absolute Gasteiger partial charge is 0.264 e. The lowest BCUT2D eigenvalue weighted by Crippen LogP contribution is -2.38. The second-order valence-electron chi connectivity index (χ2n) is 7.55. The van der Waals surface area contributed by atoms with Crippen molar-refractivity contribution in [3.05, 3.63) is 84.4 Å². The minimum Gasteiger partial charge on any atom is -0.323 e. The van der Waals surface area contributed by atoms with Gasteiger partial charge in [-0.2, -0.15) is 0 Å². The number of para-hydroxylation sites is 1. The molecular formula is C25H28N2O3S2. The SMILES string of the molecule is CCSc1ccccc1NC(=O)CN(c1ccc(C(C)C)cc1)S(=O)(=O)c1ccccc1. The van der Waals surface area contributed by atoms with Crippen molar-refractivity contribution in [1.29, 1.82) is 0 Å². The molecule has 7 heteroatoms. The summed E-state index contributed by atoms with van der Waals surface area (Å²) < 4.78 is 28.1. The first-order chi connectivity index (χ1) is 15.3. The summed E-state index contributed by atoms with van der Waals surface area (Å²) in [5.74, 6) is 0.782. The molecule has 5 nitrogen and oxygen atoms in total. The van der Waals surface area contributed by atoms with E-state index in [0.29, 0.717) is 17.3 Å². The number of rotatable bonds is 9. The summed E-state index contributed by atoms with van der Waals surface area (Å²) in [4.78, 5) is 14.1. The van der Waals surface area contributed by atoms with E-state index in [9.17, 15) is 13.2 Å². The lowest BCUT2D eigenvalue weighted by atomic mass is 10.0. The topological polar surface area (TPSA) is 66.5 Å². The van der Waals surface area contributed by atoms with E-state index >= 15 is 0 Å². The number of benzene rings is 3. The lowest BCUT2D eigenvalue weighted by molar-refractivity contribution is -0.114. The molecular weight excluding hydrogens is 440 g/mol. The fourth-order valence-electron chi connectivity index (χ4n) is 3.23. The van der Waals surface area contributed by atoms with E-state index in [2.05, 4.69) is 19.2 Å². The molecule has 0 unspecified atom stereocenters. The van der Waals surface area contributed by atoms with Crippen molar-refractivity contribution >= 4 is 39.1 Å². The molecule has 0 radical (unpaired) electrons. The third-order valence-corrected chi connectivity index (χ3v) is 7.67. The number of hydrogen-bond donors (Lipinski definition) is 1. The molecule has 0 saturated carbocycles. The Morgan fingerprint density at radius 3 is 2.19 bits per heavy atom. The predicted octanol–water partition coefficient (Wildman–Crippen LogP) is 5.76. The Morgan fingerprint density at radius 2 is 1.56 bits per heavy atom. The molecule has 1 amide bonds. The van der Waals surface area contributed by atoms with Crippen LogP contribution in [-0.2, 0) is 14.8 Å². The largest absolute Gasteiger partial charge is 0.323 e. The average molecular weight is 469 g/mol. The molecule has 3 aromatic carbocycles. The van der Waals surface area contributed by atoms with E-state index in [1.54, 1.807) is 42.1 Å². The summed E-state index contributed by atoms with van der Waals surface area (Å²) in [6.07, 6.45) is 0. The molecule has 0 aromatic heterocycles. The minimum atomic E-state index is -3.93. The van der Waals surface area contributed by atoms with Gasteiger partial charge in [0.25, 0.3) is 10.0 Å². The van der Waals surface area contributed by atoms with Gasteiger partial charge in [0.05, 0.1) is 16.3 Å². The van der Waals surface area contributed by atoms with Crippen molar-refractivity contribution in [3.63, 3.8) is 0 Å². The molecule has 0 aliphatic rings. The summed E-state index contributed by atoms with van der Waals surface area (Å²) in [5, 5.41) is 2.88. The number of nitrogens with zero attached hydrogens (tertiary/aromatic N) is 1. The monoisotopic (exact) mass is 468 g/mol. The number of sulfonamides is 1. The van der Waals surface area contributed by atoms with Gasteiger partial charge in [-0.25, -0.2) is 8.42 Å². The van der Waals surface area contributed by atoms with Crippen LogP contribution >= 0.6 is 11.8 Å². The molecule has 0 spiro atoms. The third-order valence-electron chi connectivity index (χ3n) is 4.93. The Morgan fingerprint density at radius 1 is 0.938 bits per heavy atom. The summed E-state index contributed by atoms with van der Waals surface area (Å²) in [6, 6.07) is 23.0. The molecule has 32 heavy (non-hydrogen) atoms. The number of thioether (sulfide) groups is 1. The summed E-state index contributed by atoms with van der Waals surface area (Å²) in [7, 11) is -3.93. The number of nitrogens with one attached hydrogen (secondary N) is 1. The normalized spacial score (nSPS) is 11.4. The number of hydrogen-bond acceptors (Lipinski definition) is 4. The van der Waals surface area contributed by atoms with Crippen LogP contribution in [0.5, 0.6) is 0 Å². The predicted molar refractivity (Wildman–Crippen MR) is 133 cm³/mol. The summed E-state index contributed by atoms with van der Waals surface area (Å²) >= 11 is 1.62. The summed E-state index contributed by atoms with van der Waals surface area (Å²) in [5.41, 5.74) is 2.22. The van der Waals surface area contributed by atoms with Gasteiger partial charge in [-0.3, -0.25) is 9.10 Å². The lowest BCUT2D eigenvalue weighted by Gasteiger charge is -2.25. The van der Waals surface area contributed by atoms with Crippen LogP contribution < -0.4 is 9.62 Å². The van der Waals surface area contributed by atoms with E-state index in [1.165, 1.54) is 12.1 Å². The van der Waals surface area contributed by atoms with Crippen LogP contribution in [0.4, 0.5) is 11.4 Å². The maximum absolute atomic E-state index is 13.5. The van der Waals surface area contributed by atoms with E-state index < -0.39 is 15.9 Å². The van der Waals surface area contributed by atoms with Crippen LogP contribution in [0.2, 0.25) is 0 Å². The van der Waals surface area contributed by atoms with Crippen LogP contribution in [0.1, 0.15) is 32.3 Å². The van der Waals surface area contributed by atoms with E-state index in [-0.39, 0.29) is 11.4 Å². The first kappa shape index (κ1) is 23.9. The molecule has 3 aromatic rings. The van der Waals surface area contributed by atoms with E-state index in [1.807, 2.05) is 43.3 Å². The Kier molecular flexibility index (Phi) is 7.99. The first-order valence-corrected chi connectivity index (χ1v) is 12.9. The van der Waals surface area contributed by atoms with Crippen LogP contribution in [0.3, 0.4) is 0 Å². The van der Waals surface area contributed by atoms with Gasteiger partial charge in [0, 0.05) is 4.90 Å². The van der Waals surface area contributed by atoms with Crippen molar-refractivity contribution in [2.24, 2.45) is 0 Å². The Bertz CT molecular complexity index is 1150. The first-order valence-electron chi connectivity index (χ1n) is 10.5. The fourth-order valence-corrected chi connectivity index (χ4v) is 5.43. The molecule has 0 fully saturated rings. The average Bonchev–Trinajstić information content (AvgIpc) is 2.79. The number of carbonyl (C=O) groups excluding carboxylic acids is 1. The number of carbonyl (C=O) groups is 1. The van der Waals surface area contributed by atoms with Crippen LogP contribution in [0.15, 0.2) is 88.7 Å². The van der Waals surface area contributed by atoms with Crippen molar-refractivity contribution in [2.45, 2.75) is 36.5 Å². The van der Waals surface area contributed by atoms with Crippen molar-refractivity contribution in [3.8, 4) is 0 Å². The van der Waals surface area contributed by atoms with Gasteiger partial charge >= 0.3 is 0 Å². The second-order valence-corrected chi connectivity index (χ2v) is 10.7. The zero-order valence-electron chi connectivity index (χ0n) is 18.5. The Labute approximate surface area is 194 Å². The standard InChI is InChI=1S/C25H28N2O3S2/c1-4-31-24-13-9-8-12-23(24)26-25(28)18-27(21-16-14-20(15-17-21)19(2)3)32(29,30)22-10-6-5-7-11-22/h5-17,19H,4,18H2,1-3H3,(H,26,28). The number of anilines is 2. The van der Waals surface area contributed by atoms with E-state index in [0.717, 1.165) is 20.5 Å². The molecule has 0 saturated heterocycles. The second kappa shape index (κ2) is 10.7. The van der Waals surface area contributed by atoms with Crippen LogP contribution in [0.25, 0.3) is 0 Å². The molecule has 0 atom stereocenters. The van der Waals surface area contributed by atoms with Gasteiger partial charge in [-0.1, -0.05) is 63.2 Å². The Balaban J connectivity index is 1.93. The molecule has 0 heterocycles. The molecule has 0 bridgehead atoms. The molecule has 0 aliphatic heterocycles. The van der Waals surface area contributed by atoms with Crippen molar-refractivity contribution in [2.75, 3.05) is 21.9 Å². The van der Waals surface area contributed by atoms with Crippen LogP contribution in [0, 0.1) is 0 Å². The molecule has 1 N–H and O–H groups in total. The number of amides is 1. The van der Waals surface area contributed by atoms with Crippen molar-refractivity contribution in [1.82, 2.24) is 0 Å². The highest BCUT2D eigenvalue weighted by Gasteiger charge is 2.27. The van der Waals surface area contributed by atoms with E-state index in [4.69, 9.17) is 0 Å². The minimum absolute atomic E-state index is 0.141. The fraction of sp³-hybridized carbons (Fsp3) is 0.240. The van der Waals surface area contributed by atoms with Gasteiger partial charge in [-0.05, 0) is 53.6 Å². The van der Waals surface area contributed by atoms with Gasteiger partial charge in [0.15, 0.2) is 0 Å². The van der Waals surface area contributed by atoms with Gasteiger partial charge in [0.2, 0.25) is 5.91 Å². The van der Waals surface area contributed by atoms with Crippen molar-refractivity contribution < 1.29 is 13.2 Å². The Hall–Kier alpha value is -2.77. The summed E-state index contributed by atoms with van der Waals surface area (Å²) in [6.45, 7) is 5.86.